The van der Waals surface area contributed by atoms with Crippen molar-refractivity contribution in [1.82, 2.24) is 15.0 Å². The second-order valence-electron chi connectivity index (χ2n) is 15.9. The zero-order chi connectivity index (χ0) is 39.4. The summed E-state index contributed by atoms with van der Waals surface area (Å²) in [5.41, 5.74) is 16.3. The SMILES string of the molecule is c1ccc(-c2ccc3ccc4ccc(-c5ccc6c(c5)Sc5cc7c(-c8ccccc8)nc8ccccc8c7cc5C65c6ccccc6-c6ccccc65)nc4c3n2)cc1. The van der Waals surface area contributed by atoms with Crippen molar-refractivity contribution in [3.63, 3.8) is 0 Å². The molecule has 4 heteroatoms. The van der Waals surface area contributed by atoms with E-state index in [1.54, 1.807) is 0 Å². The van der Waals surface area contributed by atoms with Crippen LogP contribution in [0.5, 0.6) is 0 Å². The van der Waals surface area contributed by atoms with Crippen molar-refractivity contribution >= 4 is 55.2 Å². The van der Waals surface area contributed by atoms with E-state index in [-0.39, 0.29) is 0 Å². The van der Waals surface area contributed by atoms with Gasteiger partial charge in [-0.25, -0.2) is 15.0 Å². The van der Waals surface area contributed by atoms with E-state index in [2.05, 4.69) is 194 Å². The first-order valence-electron chi connectivity index (χ1n) is 20.4. The fraction of sp³-hybridized carbons (Fsp3) is 0.0179. The molecule has 278 valence electrons. The van der Waals surface area contributed by atoms with Crippen molar-refractivity contribution in [3.05, 3.63) is 222 Å². The lowest BCUT2D eigenvalue weighted by Crippen LogP contribution is -2.32. The summed E-state index contributed by atoms with van der Waals surface area (Å²) in [7, 11) is 0. The topological polar surface area (TPSA) is 38.7 Å². The predicted octanol–water partition coefficient (Wildman–Crippen LogP) is 14.3. The number of benzene rings is 8. The minimum Gasteiger partial charge on any atom is -0.247 e. The highest BCUT2D eigenvalue weighted by Crippen LogP contribution is 2.63. The Labute approximate surface area is 351 Å². The molecular formula is C56H33N3S. The third-order valence-corrected chi connectivity index (χ3v) is 13.8. The van der Waals surface area contributed by atoms with Gasteiger partial charge < -0.3 is 0 Å². The maximum Gasteiger partial charge on any atom is 0.0972 e. The van der Waals surface area contributed by atoms with Gasteiger partial charge in [-0.15, -0.1) is 0 Å². The Morgan fingerprint density at radius 1 is 0.350 bits per heavy atom. The van der Waals surface area contributed by atoms with Crippen LogP contribution in [0.3, 0.4) is 0 Å². The van der Waals surface area contributed by atoms with Gasteiger partial charge in [-0.1, -0.05) is 176 Å². The number of aromatic nitrogens is 3. The molecule has 0 atom stereocenters. The number of hydrogen-bond acceptors (Lipinski definition) is 4. The van der Waals surface area contributed by atoms with Crippen LogP contribution < -0.4 is 0 Å². The summed E-state index contributed by atoms with van der Waals surface area (Å²) in [4.78, 5) is 18.4. The molecule has 0 amide bonds. The Hall–Kier alpha value is -7.40. The molecule has 0 radical (unpaired) electrons. The maximum atomic E-state index is 5.40. The second kappa shape index (κ2) is 12.8. The molecule has 13 rings (SSSR count). The molecule has 0 bridgehead atoms. The molecule has 0 fully saturated rings. The van der Waals surface area contributed by atoms with E-state index in [1.807, 2.05) is 17.8 Å². The van der Waals surface area contributed by atoms with Gasteiger partial charge in [0.2, 0.25) is 0 Å². The highest BCUT2D eigenvalue weighted by Gasteiger charge is 2.50. The summed E-state index contributed by atoms with van der Waals surface area (Å²) in [5, 5.41) is 5.69. The smallest absolute Gasteiger partial charge is 0.0972 e. The van der Waals surface area contributed by atoms with Crippen molar-refractivity contribution in [2.24, 2.45) is 0 Å². The Morgan fingerprint density at radius 2 is 0.917 bits per heavy atom. The predicted molar refractivity (Wildman–Crippen MR) is 248 cm³/mol. The molecule has 0 unspecified atom stereocenters. The van der Waals surface area contributed by atoms with Gasteiger partial charge >= 0.3 is 0 Å². The number of pyridine rings is 3. The Kier molecular flexibility index (Phi) is 7.16. The lowest BCUT2D eigenvalue weighted by molar-refractivity contribution is 0.724. The maximum absolute atomic E-state index is 5.40. The van der Waals surface area contributed by atoms with Gasteiger partial charge in [-0.2, -0.15) is 0 Å². The zero-order valence-corrected chi connectivity index (χ0v) is 33.1. The van der Waals surface area contributed by atoms with Gasteiger partial charge in [-0.05, 0) is 75.2 Å². The molecular weight excluding hydrogens is 747 g/mol. The minimum absolute atomic E-state index is 0.530. The highest BCUT2D eigenvalue weighted by atomic mass is 32.2. The third-order valence-electron chi connectivity index (χ3n) is 12.7. The van der Waals surface area contributed by atoms with Gasteiger partial charge in [0.15, 0.2) is 0 Å². The Morgan fingerprint density at radius 3 is 1.62 bits per heavy atom. The van der Waals surface area contributed by atoms with Crippen molar-refractivity contribution in [1.29, 1.82) is 0 Å². The monoisotopic (exact) mass is 779 g/mol. The fourth-order valence-electron chi connectivity index (χ4n) is 10.0. The number of rotatable bonds is 3. The van der Waals surface area contributed by atoms with E-state index in [0.717, 1.165) is 71.9 Å². The number of nitrogens with zero attached hydrogens (tertiary/aromatic N) is 3. The third kappa shape index (κ3) is 4.77. The van der Waals surface area contributed by atoms with E-state index >= 15 is 0 Å². The standard InChI is InChI=1S/C56H33N3S/c1-3-13-34(14-4-1)48-29-26-36-23-24-37-27-30-49(58-55(37)54(36)57-48)38-25-28-46-51(31-38)60-52-33-43-42(41-19-9-12-22-50(41)59-53(43)35-15-5-2-6-16-35)32-47(52)56(46)44-20-10-7-17-39(44)40-18-8-11-21-45(40)56/h1-33H. The molecule has 60 heavy (non-hydrogen) atoms. The minimum atomic E-state index is -0.530. The first kappa shape index (κ1) is 33.6. The summed E-state index contributed by atoms with van der Waals surface area (Å²) in [5.74, 6) is 0. The van der Waals surface area contributed by atoms with Gasteiger partial charge in [0.05, 0.1) is 39.0 Å². The molecule has 3 aromatic heterocycles. The van der Waals surface area contributed by atoms with Crippen LogP contribution in [0, 0.1) is 0 Å². The van der Waals surface area contributed by atoms with Crippen LogP contribution in [0.1, 0.15) is 22.3 Å². The Balaban J connectivity index is 1.07. The normalized spacial score (nSPS) is 13.4. The van der Waals surface area contributed by atoms with Gasteiger partial charge in [0.1, 0.15) is 0 Å². The highest BCUT2D eigenvalue weighted by molar-refractivity contribution is 7.99. The summed E-state index contributed by atoms with van der Waals surface area (Å²) in [6, 6.07) is 72.5. The molecule has 0 N–H and O–H groups in total. The average molecular weight is 780 g/mol. The lowest BCUT2D eigenvalue weighted by atomic mass is 9.67. The second-order valence-corrected chi connectivity index (χ2v) is 16.9. The summed E-state index contributed by atoms with van der Waals surface area (Å²) >= 11 is 1.86. The molecule has 4 heterocycles. The van der Waals surface area contributed by atoms with Gasteiger partial charge in [0, 0.05) is 48.0 Å². The van der Waals surface area contributed by atoms with E-state index < -0.39 is 5.41 Å². The van der Waals surface area contributed by atoms with E-state index in [9.17, 15) is 0 Å². The molecule has 0 saturated heterocycles. The molecule has 3 nitrogen and oxygen atoms in total. The van der Waals surface area contributed by atoms with Gasteiger partial charge in [-0.3, -0.25) is 0 Å². The summed E-state index contributed by atoms with van der Waals surface area (Å²) in [6.07, 6.45) is 0. The van der Waals surface area contributed by atoms with Crippen LogP contribution in [0.15, 0.2) is 210 Å². The van der Waals surface area contributed by atoms with Crippen molar-refractivity contribution in [2.45, 2.75) is 15.2 Å². The average Bonchev–Trinajstić information content (AvgIpc) is 3.61. The summed E-state index contributed by atoms with van der Waals surface area (Å²) in [6.45, 7) is 0. The zero-order valence-electron chi connectivity index (χ0n) is 32.3. The molecule has 0 saturated carbocycles. The molecule has 8 aromatic carbocycles. The van der Waals surface area contributed by atoms with Crippen molar-refractivity contribution in [2.75, 3.05) is 0 Å². The Bertz CT molecular complexity index is 3530. The van der Waals surface area contributed by atoms with E-state index in [4.69, 9.17) is 15.0 Å². The first-order valence-corrected chi connectivity index (χ1v) is 21.2. The van der Waals surface area contributed by atoms with Crippen LogP contribution in [0.2, 0.25) is 0 Å². The first-order chi connectivity index (χ1) is 29.7. The lowest BCUT2D eigenvalue weighted by Gasteiger charge is -2.40. The number of para-hydroxylation sites is 1. The van der Waals surface area contributed by atoms with Crippen LogP contribution in [-0.2, 0) is 5.41 Å². The molecule has 11 aromatic rings. The fourth-order valence-corrected chi connectivity index (χ4v) is 11.3. The number of fused-ring (bicyclic) bond motifs is 15. The number of hydrogen-bond donors (Lipinski definition) is 0. The van der Waals surface area contributed by atoms with Gasteiger partial charge in [0.25, 0.3) is 0 Å². The molecule has 1 spiro atoms. The molecule has 1 aliphatic carbocycles. The molecule has 1 aliphatic heterocycles. The quantitative estimate of drug-likeness (QED) is 0.167. The van der Waals surface area contributed by atoms with E-state index in [0.29, 0.717) is 0 Å². The summed E-state index contributed by atoms with van der Waals surface area (Å²) < 4.78 is 0. The van der Waals surface area contributed by atoms with Crippen LogP contribution in [0.4, 0.5) is 0 Å². The van der Waals surface area contributed by atoms with Crippen LogP contribution in [0.25, 0.3) is 88.4 Å². The van der Waals surface area contributed by atoms with Crippen molar-refractivity contribution < 1.29 is 0 Å². The van der Waals surface area contributed by atoms with E-state index in [1.165, 1.54) is 48.6 Å². The van der Waals surface area contributed by atoms with Crippen LogP contribution in [-0.4, -0.2) is 15.0 Å². The molecule has 2 aliphatic rings. The largest absolute Gasteiger partial charge is 0.247 e. The van der Waals surface area contributed by atoms with Crippen molar-refractivity contribution in [3.8, 4) is 44.9 Å². The van der Waals surface area contributed by atoms with Crippen LogP contribution >= 0.6 is 11.8 Å².